The van der Waals surface area contributed by atoms with Gasteiger partial charge in [0.15, 0.2) is 0 Å². The zero-order valence-corrected chi connectivity index (χ0v) is 22.3. The van der Waals surface area contributed by atoms with E-state index < -0.39 is 0 Å². The van der Waals surface area contributed by atoms with E-state index in [0.29, 0.717) is 0 Å². The van der Waals surface area contributed by atoms with E-state index in [9.17, 15) is 0 Å². The van der Waals surface area contributed by atoms with Crippen LogP contribution in [0.5, 0.6) is 0 Å². The molecule has 0 aliphatic heterocycles. The Morgan fingerprint density at radius 3 is 2.00 bits per heavy atom. The number of hydrogen-bond donors (Lipinski definition) is 0. The number of hydrogen-bond acceptors (Lipinski definition) is 1. The van der Waals surface area contributed by atoms with Crippen LogP contribution in [-0.2, 0) is 11.8 Å². The zero-order valence-electron chi connectivity index (χ0n) is 22.3. The van der Waals surface area contributed by atoms with Gasteiger partial charge in [0.1, 0.15) is 0 Å². The molecule has 0 saturated heterocycles. The minimum atomic E-state index is 0.166. The van der Waals surface area contributed by atoms with Crippen molar-refractivity contribution in [3.8, 4) is 0 Å². The molecule has 0 unspecified atom stereocenters. The number of allylic oxidation sites excluding steroid dienone is 6. The third kappa shape index (κ3) is 9.53. The number of benzene rings is 2. The van der Waals surface area contributed by atoms with Gasteiger partial charge in [-0.15, -0.1) is 13.2 Å². The molecule has 0 heterocycles. The van der Waals surface area contributed by atoms with Crippen LogP contribution in [0.25, 0.3) is 0 Å². The van der Waals surface area contributed by atoms with Crippen LogP contribution in [0.1, 0.15) is 58.2 Å². The highest BCUT2D eigenvalue weighted by Gasteiger charge is 2.15. The smallest absolute Gasteiger partial charge is 0.0437 e. The minimum absolute atomic E-state index is 0.166. The average molecular weight is 444 g/mol. The Morgan fingerprint density at radius 1 is 0.970 bits per heavy atom. The van der Waals surface area contributed by atoms with Gasteiger partial charge in [0.2, 0.25) is 0 Å². The molecular formula is C32H45N. The second-order valence-electron chi connectivity index (χ2n) is 8.64. The Balaban J connectivity index is 0.00000242. The van der Waals surface area contributed by atoms with Gasteiger partial charge in [-0.3, -0.25) is 0 Å². The molecule has 0 aromatic heterocycles. The van der Waals surface area contributed by atoms with Crippen molar-refractivity contribution in [1.29, 1.82) is 0 Å². The van der Waals surface area contributed by atoms with Gasteiger partial charge in [-0.25, -0.2) is 0 Å². The standard InChI is InChI=1S/C28H35N.C2H6.C2H4/c1-9-23(10-2)12-11-21(3)19-24-13-16-26(17-14-24)29(8)27-18-15-25(20-22(27)4)28(5,6)7;2*1-2/h9-18,20H,1,3,19H2,2,4-8H3;1-2H3;1-2H2/b12-11+,23-10+;;. The average Bonchev–Trinajstić information content (AvgIpc) is 2.82. The molecule has 0 amide bonds. The van der Waals surface area contributed by atoms with Crippen LogP contribution in [0.3, 0.4) is 0 Å². The number of nitrogens with zero attached hydrogens (tertiary/aromatic N) is 1. The molecule has 2 rings (SSSR count). The fourth-order valence-electron chi connectivity index (χ4n) is 3.29. The molecule has 0 bridgehead atoms. The van der Waals surface area contributed by atoms with Crippen LogP contribution in [0.2, 0.25) is 0 Å². The Morgan fingerprint density at radius 2 is 1.55 bits per heavy atom. The van der Waals surface area contributed by atoms with Crippen LogP contribution < -0.4 is 4.90 Å². The van der Waals surface area contributed by atoms with Gasteiger partial charge in [-0.1, -0.05) is 102 Å². The third-order valence-corrected chi connectivity index (χ3v) is 5.26. The summed E-state index contributed by atoms with van der Waals surface area (Å²) in [6.45, 7) is 29.0. The Labute approximate surface area is 204 Å². The fraction of sp³-hybridized carbons (Fsp3) is 0.312. The van der Waals surface area contributed by atoms with Gasteiger partial charge in [0.05, 0.1) is 0 Å². The normalized spacial score (nSPS) is 11.1. The zero-order chi connectivity index (χ0) is 25.6. The van der Waals surface area contributed by atoms with Gasteiger partial charge < -0.3 is 4.90 Å². The molecule has 2 aromatic carbocycles. The van der Waals surface area contributed by atoms with E-state index in [2.05, 4.69) is 121 Å². The molecule has 0 atom stereocenters. The highest BCUT2D eigenvalue weighted by molar-refractivity contribution is 5.66. The molecule has 178 valence electrons. The van der Waals surface area contributed by atoms with Gasteiger partial charge >= 0.3 is 0 Å². The maximum absolute atomic E-state index is 4.18. The molecule has 33 heavy (non-hydrogen) atoms. The van der Waals surface area contributed by atoms with Crippen LogP contribution in [-0.4, -0.2) is 7.05 Å². The lowest BCUT2D eigenvalue weighted by Gasteiger charge is -2.25. The molecule has 0 saturated carbocycles. The molecule has 0 aliphatic rings. The molecular weight excluding hydrogens is 398 g/mol. The van der Waals surface area contributed by atoms with Crippen molar-refractivity contribution in [3.63, 3.8) is 0 Å². The number of rotatable bonds is 7. The Kier molecular flexibility index (Phi) is 13.5. The predicted octanol–water partition coefficient (Wildman–Crippen LogP) is 9.68. The maximum atomic E-state index is 4.18. The molecule has 0 aliphatic carbocycles. The summed E-state index contributed by atoms with van der Waals surface area (Å²) >= 11 is 0. The van der Waals surface area contributed by atoms with Crippen LogP contribution in [0.15, 0.2) is 104 Å². The molecule has 1 heteroatoms. The van der Waals surface area contributed by atoms with Crippen LogP contribution >= 0.6 is 0 Å². The number of anilines is 2. The molecule has 2 aromatic rings. The highest BCUT2D eigenvalue weighted by Crippen LogP contribution is 2.31. The molecule has 0 spiro atoms. The fourth-order valence-corrected chi connectivity index (χ4v) is 3.29. The van der Waals surface area contributed by atoms with Crippen molar-refractivity contribution in [2.24, 2.45) is 0 Å². The summed E-state index contributed by atoms with van der Waals surface area (Å²) in [5.74, 6) is 0. The van der Waals surface area contributed by atoms with Crippen molar-refractivity contribution in [3.05, 3.63) is 121 Å². The van der Waals surface area contributed by atoms with Crippen molar-refractivity contribution in [2.75, 3.05) is 11.9 Å². The lowest BCUT2D eigenvalue weighted by molar-refractivity contribution is 0.590. The second-order valence-corrected chi connectivity index (χ2v) is 8.64. The minimum Gasteiger partial charge on any atom is -0.344 e. The van der Waals surface area contributed by atoms with E-state index in [1.54, 1.807) is 0 Å². The van der Waals surface area contributed by atoms with E-state index in [4.69, 9.17) is 0 Å². The van der Waals surface area contributed by atoms with Crippen molar-refractivity contribution in [2.45, 2.75) is 60.3 Å². The Hall–Kier alpha value is -3.06. The lowest BCUT2D eigenvalue weighted by atomic mass is 9.86. The van der Waals surface area contributed by atoms with Crippen molar-refractivity contribution < 1.29 is 0 Å². The van der Waals surface area contributed by atoms with Gasteiger partial charge in [0.25, 0.3) is 0 Å². The SMILES string of the molecule is C=C.C=CC(/C=C/C(=C)Cc1ccc(N(C)c2ccc(C(C)(C)C)cc2C)cc1)=C\C.CC. The van der Waals surface area contributed by atoms with Gasteiger partial charge in [-0.05, 0) is 66.1 Å². The highest BCUT2D eigenvalue weighted by atomic mass is 15.1. The van der Waals surface area contributed by atoms with E-state index >= 15 is 0 Å². The second kappa shape index (κ2) is 14.9. The first-order valence-corrected chi connectivity index (χ1v) is 11.7. The molecule has 0 fully saturated rings. The van der Waals surface area contributed by atoms with E-state index in [1.165, 1.54) is 28.1 Å². The van der Waals surface area contributed by atoms with E-state index in [-0.39, 0.29) is 5.41 Å². The van der Waals surface area contributed by atoms with E-state index in [1.807, 2.05) is 32.9 Å². The summed E-state index contributed by atoms with van der Waals surface area (Å²) < 4.78 is 0. The number of aryl methyl sites for hydroxylation is 1. The summed E-state index contributed by atoms with van der Waals surface area (Å²) in [4.78, 5) is 2.25. The Bertz CT molecular complexity index is 933. The monoisotopic (exact) mass is 443 g/mol. The van der Waals surface area contributed by atoms with Crippen molar-refractivity contribution in [1.82, 2.24) is 0 Å². The first-order chi connectivity index (χ1) is 15.7. The van der Waals surface area contributed by atoms with Crippen LogP contribution in [0, 0.1) is 6.92 Å². The van der Waals surface area contributed by atoms with E-state index in [0.717, 1.165) is 17.6 Å². The first kappa shape index (κ1) is 29.9. The lowest BCUT2D eigenvalue weighted by Crippen LogP contribution is -2.14. The van der Waals surface area contributed by atoms with Crippen molar-refractivity contribution >= 4 is 11.4 Å². The molecule has 0 N–H and O–H groups in total. The summed E-state index contributed by atoms with van der Waals surface area (Å²) in [5.41, 5.74) is 8.70. The van der Waals surface area contributed by atoms with Gasteiger partial charge in [-0.2, -0.15) is 0 Å². The summed E-state index contributed by atoms with van der Waals surface area (Å²) in [5, 5.41) is 0. The third-order valence-electron chi connectivity index (χ3n) is 5.26. The summed E-state index contributed by atoms with van der Waals surface area (Å²) in [6.07, 6.45) is 8.86. The summed E-state index contributed by atoms with van der Waals surface area (Å²) in [6, 6.07) is 15.5. The largest absolute Gasteiger partial charge is 0.344 e. The van der Waals surface area contributed by atoms with Gasteiger partial charge in [0, 0.05) is 18.4 Å². The maximum Gasteiger partial charge on any atom is 0.0437 e. The van der Waals surface area contributed by atoms with Crippen LogP contribution in [0.4, 0.5) is 11.4 Å². The predicted molar refractivity (Wildman–Crippen MR) is 153 cm³/mol. The molecule has 0 radical (unpaired) electrons. The topological polar surface area (TPSA) is 3.24 Å². The summed E-state index contributed by atoms with van der Waals surface area (Å²) in [7, 11) is 2.13. The quantitative estimate of drug-likeness (QED) is 0.304. The molecule has 1 nitrogen and oxygen atoms in total. The first-order valence-electron chi connectivity index (χ1n) is 11.7.